The summed E-state index contributed by atoms with van der Waals surface area (Å²) >= 11 is 0. The van der Waals surface area contributed by atoms with Crippen molar-refractivity contribution >= 4 is 11.8 Å². The van der Waals surface area contributed by atoms with Gasteiger partial charge in [0.1, 0.15) is 11.3 Å². The Balaban J connectivity index is 3.12. The minimum absolute atomic E-state index is 0.0159. The molecule has 0 unspecified atom stereocenters. The van der Waals surface area contributed by atoms with E-state index in [0.29, 0.717) is 12.1 Å². The minimum Gasteiger partial charge on any atom is -0.434 e. The normalized spacial score (nSPS) is 10.9. The molecule has 0 amide bonds. The van der Waals surface area contributed by atoms with Crippen molar-refractivity contribution in [3.8, 4) is 5.75 Å². The van der Waals surface area contributed by atoms with Gasteiger partial charge < -0.3 is 9.47 Å². The number of carbonyl (C=O) groups is 1. The van der Waals surface area contributed by atoms with E-state index in [1.807, 2.05) is 0 Å². The highest BCUT2D eigenvalue weighted by molar-refractivity contribution is 5.64. The summed E-state index contributed by atoms with van der Waals surface area (Å²) in [4.78, 5) is 20.2. The van der Waals surface area contributed by atoms with Gasteiger partial charge in [0.25, 0.3) is 5.69 Å². The van der Waals surface area contributed by atoms with Gasteiger partial charge >= 0.3 is 12.3 Å². The Morgan fingerprint density at radius 3 is 2.53 bits per heavy atom. The largest absolute Gasteiger partial charge is 0.513 e. The van der Waals surface area contributed by atoms with E-state index in [1.165, 1.54) is 6.92 Å². The second-order valence-corrected chi connectivity index (χ2v) is 3.22. The lowest BCUT2D eigenvalue weighted by molar-refractivity contribution is -0.388. The minimum atomic E-state index is -4.93. The molecule has 0 N–H and O–H groups in total. The molecule has 0 aliphatic carbocycles. The van der Waals surface area contributed by atoms with E-state index in [2.05, 4.69) is 9.47 Å². The molecule has 1 aromatic rings. The van der Waals surface area contributed by atoms with Crippen LogP contribution in [0.2, 0.25) is 0 Å². The van der Waals surface area contributed by atoms with E-state index in [1.54, 1.807) is 0 Å². The number of nitro groups is 1. The fraction of sp³-hybridized carbons (Fsp3) is 0.300. The molecule has 0 aliphatic rings. The van der Waals surface area contributed by atoms with E-state index in [0.717, 1.165) is 6.07 Å². The summed E-state index contributed by atoms with van der Waals surface area (Å²) in [5, 5.41) is 10.5. The lowest BCUT2D eigenvalue weighted by atomic mass is 10.1. The third-order valence-electron chi connectivity index (χ3n) is 1.93. The van der Waals surface area contributed by atoms with Gasteiger partial charge in [0.2, 0.25) is 0 Å². The number of carbonyl (C=O) groups excluding carboxylic acids is 1. The van der Waals surface area contributed by atoms with Crippen LogP contribution < -0.4 is 4.74 Å². The molecule has 0 saturated carbocycles. The lowest BCUT2D eigenvalue weighted by Crippen LogP contribution is -2.12. The van der Waals surface area contributed by atoms with Crippen LogP contribution >= 0.6 is 0 Å². The monoisotopic (exact) mass is 279 g/mol. The zero-order valence-corrected chi connectivity index (χ0v) is 9.56. The Morgan fingerprint density at radius 2 is 2.05 bits per heavy atom. The van der Waals surface area contributed by atoms with Crippen LogP contribution in [0.15, 0.2) is 18.2 Å². The fourth-order valence-corrected chi connectivity index (χ4v) is 1.21. The third kappa shape index (κ3) is 3.83. The highest BCUT2D eigenvalue weighted by Gasteiger charge is 2.38. The highest BCUT2D eigenvalue weighted by atomic mass is 19.4. The SMILES string of the molecule is CCOC(=O)Oc1ccc([N+](=O)[O-])c(C(F)(F)F)c1. The number of nitrogens with zero attached hydrogens (tertiary/aromatic N) is 1. The number of halogens is 3. The third-order valence-corrected chi connectivity index (χ3v) is 1.93. The fourth-order valence-electron chi connectivity index (χ4n) is 1.21. The van der Waals surface area contributed by atoms with Crippen LogP contribution in [0, 0.1) is 10.1 Å². The predicted octanol–water partition coefficient (Wildman–Crippen LogP) is 3.15. The van der Waals surface area contributed by atoms with Crippen molar-refractivity contribution in [3.63, 3.8) is 0 Å². The van der Waals surface area contributed by atoms with Crippen molar-refractivity contribution in [1.29, 1.82) is 0 Å². The molecule has 0 saturated heterocycles. The van der Waals surface area contributed by atoms with Gasteiger partial charge in [-0.25, -0.2) is 4.79 Å². The molecule has 6 nitrogen and oxygen atoms in total. The number of ether oxygens (including phenoxy) is 2. The number of alkyl halides is 3. The second-order valence-electron chi connectivity index (χ2n) is 3.22. The molecule has 0 aromatic heterocycles. The summed E-state index contributed by atoms with van der Waals surface area (Å²) < 4.78 is 46.6. The van der Waals surface area contributed by atoms with Crippen LogP contribution in [0.1, 0.15) is 12.5 Å². The van der Waals surface area contributed by atoms with Crippen LogP contribution in [-0.4, -0.2) is 17.7 Å². The molecule has 1 rings (SSSR count). The van der Waals surface area contributed by atoms with Crippen molar-refractivity contribution in [2.45, 2.75) is 13.1 Å². The molecule has 0 heterocycles. The number of hydrogen-bond donors (Lipinski definition) is 0. The molecule has 19 heavy (non-hydrogen) atoms. The number of nitro benzene ring substituents is 1. The first-order valence-electron chi connectivity index (χ1n) is 4.96. The summed E-state index contributed by atoms with van der Waals surface area (Å²) in [7, 11) is 0. The van der Waals surface area contributed by atoms with Crippen molar-refractivity contribution in [3.05, 3.63) is 33.9 Å². The number of rotatable bonds is 3. The van der Waals surface area contributed by atoms with Gasteiger partial charge in [-0.3, -0.25) is 10.1 Å². The van der Waals surface area contributed by atoms with Gasteiger partial charge in [0.15, 0.2) is 0 Å². The maximum atomic E-state index is 12.6. The quantitative estimate of drug-likeness (QED) is 0.367. The number of hydrogen-bond acceptors (Lipinski definition) is 5. The zero-order chi connectivity index (χ0) is 14.6. The first-order valence-corrected chi connectivity index (χ1v) is 4.96. The van der Waals surface area contributed by atoms with E-state index in [9.17, 15) is 28.1 Å². The van der Waals surface area contributed by atoms with Crippen molar-refractivity contribution in [2.75, 3.05) is 6.61 Å². The van der Waals surface area contributed by atoms with E-state index in [4.69, 9.17) is 0 Å². The van der Waals surface area contributed by atoms with Gasteiger partial charge in [0, 0.05) is 12.1 Å². The van der Waals surface area contributed by atoms with E-state index < -0.39 is 34.3 Å². The van der Waals surface area contributed by atoms with Crippen LogP contribution in [0.4, 0.5) is 23.7 Å². The van der Waals surface area contributed by atoms with Crippen molar-refractivity contribution < 1.29 is 32.4 Å². The molecular formula is C10H8F3NO5. The zero-order valence-electron chi connectivity index (χ0n) is 9.56. The summed E-state index contributed by atoms with van der Waals surface area (Å²) in [5.41, 5.74) is -2.62. The maximum Gasteiger partial charge on any atom is 0.513 e. The lowest BCUT2D eigenvalue weighted by Gasteiger charge is -2.09. The Kier molecular flexibility index (Phi) is 4.30. The average Bonchev–Trinajstić information content (AvgIpc) is 2.27. The Labute approximate surface area is 104 Å². The van der Waals surface area contributed by atoms with Crippen LogP contribution in [0.5, 0.6) is 5.75 Å². The average molecular weight is 279 g/mol. The van der Waals surface area contributed by atoms with Gasteiger partial charge in [-0.2, -0.15) is 13.2 Å². The highest BCUT2D eigenvalue weighted by Crippen LogP contribution is 2.38. The Bertz CT molecular complexity index is 500. The smallest absolute Gasteiger partial charge is 0.434 e. The second kappa shape index (κ2) is 5.55. The van der Waals surface area contributed by atoms with Crippen molar-refractivity contribution in [2.24, 2.45) is 0 Å². The van der Waals surface area contributed by atoms with Gasteiger partial charge in [-0.05, 0) is 13.0 Å². The van der Waals surface area contributed by atoms with Crippen molar-refractivity contribution in [1.82, 2.24) is 0 Å². The maximum absolute atomic E-state index is 12.6. The molecule has 104 valence electrons. The van der Waals surface area contributed by atoms with Crippen LogP contribution in [0.3, 0.4) is 0 Å². The van der Waals surface area contributed by atoms with Gasteiger partial charge in [-0.15, -0.1) is 0 Å². The van der Waals surface area contributed by atoms with E-state index >= 15 is 0 Å². The number of benzene rings is 1. The summed E-state index contributed by atoms with van der Waals surface area (Å²) in [6.45, 7) is 1.47. The first kappa shape index (κ1) is 14.7. The molecule has 0 radical (unpaired) electrons. The molecule has 0 spiro atoms. The summed E-state index contributed by atoms with van der Waals surface area (Å²) in [6, 6.07) is 1.86. The van der Waals surface area contributed by atoms with Crippen LogP contribution in [-0.2, 0) is 10.9 Å². The molecule has 0 aliphatic heterocycles. The van der Waals surface area contributed by atoms with E-state index in [-0.39, 0.29) is 6.61 Å². The summed E-state index contributed by atoms with van der Waals surface area (Å²) in [6.07, 6.45) is -6.12. The molecule has 0 bridgehead atoms. The predicted molar refractivity (Wildman–Crippen MR) is 55.7 cm³/mol. The Hall–Kier alpha value is -2.32. The molecule has 1 aromatic carbocycles. The molecular weight excluding hydrogens is 271 g/mol. The standard InChI is InChI=1S/C10H8F3NO5/c1-2-18-9(15)19-6-3-4-8(14(16)17)7(5-6)10(11,12)13/h3-5H,2H2,1H3. The van der Waals surface area contributed by atoms with Crippen LogP contribution in [0.25, 0.3) is 0 Å². The topological polar surface area (TPSA) is 78.7 Å². The first-order chi connectivity index (χ1) is 8.75. The molecule has 0 atom stereocenters. The molecule has 9 heteroatoms. The van der Waals surface area contributed by atoms with Gasteiger partial charge in [-0.1, -0.05) is 0 Å². The molecule has 0 fully saturated rings. The summed E-state index contributed by atoms with van der Waals surface area (Å²) in [5.74, 6) is -0.489. The van der Waals surface area contributed by atoms with Gasteiger partial charge in [0.05, 0.1) is 11.5 Å². The Morgan fingerprint density at radius 1 is 1.42 bits per heavy atom.